The van der Waals surface area contributed by atoms with Gasteiger partial charge in [-0.3, -0.25) is 0 Å². The van der Waals surface area contributed by atoms with Gasteiger partial charge in [0.15, 0.2) is 0 Å². The highest BCUT2D eigenvalue weighted by Gasteiger charge is 2.06. The third-order valence-electron chi connectivity index (χ3n) is 4.29. The van der Waals surface area contributed by atoms with Gasteiger partial charge in [-0.05, 0) is 46.7 Å². The third-order valence-corrected chi connectivity index (χ3v) is 4.29. The lowest BCUT2D eigenvalue weighted by atomic mass is 10.1. The zero-order chi connectivity index (χ0) is 17.1. The number of benzene rings is 3. The molecule has 4 aromatic rings. The van der Waals surface area contributed by atoms with Gasteiger partial charge in [-0.1, -0.05) is 60.7 Å². The smallest absolute Gasteiger partial charge is 0.0998 e. The second-order valence-corrected chi connectivity index (χ2v) is 5.87. The maximum absolute atomic E-state index is 9.55. The van der Waals surface area contributed by atoms with Crippen LogP contribution in [0.3, 0.4) is 0 Å². The van der Waals surface area contributed by atoms with Crippen LogP contribution in [0.1, 0.15) is 11.3 Å². The van der Waals surface area contributed by atoms with Crippen molar-refractivity contribution in [2.75, 3.05) is 0 Å². The summed E-state index contributed by atoms with van der Waals surface area (Å²) in [6.45, 7) is 0. The van der Waals surface area contributed by atoms with Crippen LogP contribution in [0, 0.1) is 11.3 Å². The number of nitriles is 1. The van der Waals surface area contributed by atoms with Crippen molar-refractivity contribution in [3.05, 3.63) is 102 Å². The van der Waals surface area contributed by atoms with E-state index in [2.05, 4.69) is 41.0 Å². The van der Waals surface area contributed by atoms with Gasteiger partial charge in [0.2, 0.25) is 0 Å². The Bertz CT molecular complexity index is 1100. The predicted molar refractivity (Wildman–Crippen MR) is 103 cm³/mol. The molecule has 4 rings (SSSR count). The zero-order valence-corrected chi connectivity index (χ0v) is 13.6. The summed E-state index contributed by atoms with van der Waals surface area (Å²) in [5.74, 6) is 0. The molecule has 3 aromatic carbocycles. The normalized spacial score (nSPS) is 11.4. The molecule has 0 aliphatic carbocycles. The summed E-state index contributed by atoms with van der Waals surface area (Å²) in [6.07, 6.45) is 3.96. The Labute approximate surface area is 146 Å². The van der Waals surface area contributed by atoms with E-state index in [0.717, 1.165) is 16.9 Å². The Kier molecular flexibility index (Phi) is 3.90. The van der Waals surface area contributed by atoms with Gasteiger partial charge in [0.05, 0.1) is 11.6 Å². The largest absolute Gasteiger partial charge is 0.317 e. The van der Waals surface area contributed by atoms with E-state index in [1.165, 1.54) is 10.8 Å². The van der Waals surface area contributed by atoms with Crippen molar-refractivity contribution >= 4 is 22.4 Å². The molecule has 0 unspecified atom stereocenters. The number of hydrogen-bond acceptors (Lipinski definition) is 1. The van der Waals surface area contributed by atoms with Crippen LogP contribution >= 0.6 is 0 Å². The van der Waals surface area contributed by atoms with Crippen molar-refractivity contribution in [2.24, 2.45) is 0 Å². The van der Waals surface area contributed by atoms with E-state index in [9.17, 15) is 5.26 Å². The minimum atomic E-state index is 0.654. The van der Waals surface area contributed by atoms with E-state index >= 15 is 0 Å². The molecule has 0 N–H and O–H groups in total. The third kappa shape index (κ3) is 2.96. The number of nitrogens with zero attached hydrogens (tertiary/aromatic N) is 2. The van der Waals surface area contributed by atoms with Crippen molar-refractivity contribution in [1.82, 2.24) is 4.57 Å². The summed E-state index contributed by atoms with van der Waals surface area (Å²) >= 11 is 0. The quantitative estimate of drug-likeness (QED) is 0.445. The first-order valence-corrected chi connectivity index (χ1v) is 8.19. The number of allylic oxidation sites excluding steroid dienone is 1. The molecular formula is C23H16N2. The maximum Gasteiger partial charge on any atom is 0.0998 e. The van der Waals surface area contributed by atoms with E-state index in [1.807, 2.05) is 66.9 Å². The molecular weight excluding hydrogens is 304 g/mol. The zero-order valence-electron chi connectivity index (χ0n) is 13.6. The standard InChI is InChI=1S/C23H16N2/c24-17-21(18-7-2-1-3-8-18)16-22-11-6-14-25(22)23-13-12-19-9-4-5-10-20(19)15-23/h1-16H. The fraction of sp³-hybridized carbons (Fsp3) is 0. The second kappa shape index (κ2) is 6.51. The molecule has 0 fully saturated rings. The van der Waals surface area contributed by atoms with Crippen molar-refractivity contribution in [3.8, 4) is 11.8 Å². The molecule has 2 nitrogen and oxygen atoms in total. The van der Waals surface area contributed by atoms with Crippen LogP contribution < -0.4 is 0 Å². The summed E-state index contributed by atoms with van der Waals surface area (Å²) in [5, 5.41) is 12.0. The van der Waals surface area contributed by atoms with Crippen molar-refractivity contribution in [2.45, 2.75) is 0 Å². The van der Waals surface area contributed by atoms with Crippen LogP contribution in [0.25, 0.3) is 28.1 Å². The molecule has 0 saturated heterocycles. The molecule has 25 heavy (non-hydrogen) atoms. The summed E-state index contributed by atoms with van der Waals surface area (Å²) in [5.41, 5.74) is 3.65. The second-order valence-electron chi connectivity index (χ2n) is 5.87. The van der Waals surface area contributed by atoms with Gasteiger partial charge in [0.25, 0.3) is 0 Å². The van der Waals surface area contributed by atoms with Gasteiger partial charge in [0, 0.05) is 17.6 Å². The lowest BCUT2D eigenvalue weighted by Gasteiger charge is -2.09. The predicted octanol–water partition coefficient (Wildman–Crippen LogP) is 5.69. The summed E-state index contributed by atoms with van der Waals surface area (Å²) in [7, 11) is 0. The van der Waals surface area contributed by atoms with Crippen molar-refractivity contribution < 1.29 is 0 Å². The van der Waals surface area contributed by atoms with Gasteiger partial charge >= 0.3 is 0 Å². The molecule has 0 spiro atoms. The van der Waals surface area contributed by atoms with Gasteiger partial charge in [0.1, 0.15) is 0 Å². The SMILES string of the molecule is N#CC(=Cc1cccn1-c1ccc2ccccc2c1)c1ccccc1. The molecule has 0 saturated carbocycles. The lowest BCUT2D eigenvalue weighted by Crippen LogP contribution is -1.95. The van der Waals surface area contributed by atoms with Crippen LogP contribution in [0.15, 0.2) is 91.1 Å². The molecule has 118 valence electrons. The van der Waals surface area contributed by atoms with E-state index in [4.69, 9.17) is 0 Å². The maximum atomic E-state index is 9.55. The Balaban J connectivity index is 1.80. The summed E-state index contributed by atoms with van der Waals surface area (Å²) < 4.78 is 2.10. The van der Waals surface area contributed by atoms with Crippen LogP contribution in [0.2, 0.25) is 0 Å². The average Bonchev–Trinajstić information content (AvgIpc) is 3.14. The van der Waals surface area contributed by atoms with Crippen molar-refractivity contribution in [3.63, 3.8) is 0 Å². The van der Waals surface area contributed by atoms with E-state index in [0.29, 0.717) is 5.57 Å². The van der Waals surface area contributed by atoms with Gasteiger partial charge in [-0.2, -0.15) is 5.26 Å². The number of aromatic nitrogens is 1. The fourth-order valence-corrected chi connectivity index (χ4v) is 3.02. The number of hydrogen-bond donors (Lipinski definition) is 0. The molecule has 0 amide bonds. The van der Waals surface area contributed by atoms with Gasteiger partial charge in [-0.25, -0.2) is 0 Å². The minimum Gasteiger partial charge on any atom is -0.317 e. The Morgan fingerprint density at radius 3 is 2.36 bits per heavy atom. The monoisotopic (exact) mass is 320 g/mol. The highest BCUT2D eigenvalue weighted by Crippen LogP contribution is 2.23. The molecule has 0 bridgehead atoms. The number of fused-ring (bicyclic) bond motifs is 1. The summed E-state index contributed by atoms with van der Waals surface area (Å²) in [4.78, 5) is 0. The summed E-state index contributed by atoms with van der Waals surface area (Å²) in [6, 6.07) is 30.8. The molecule has 0 aliphatic heterocycles. The number of rotatable bonds is 3. The molecule has 0 radical (unpaired) electrons. The topological polar surface area (TPSA) is 28.7 Å². The van der Waals surface area contributed by atoms with Crippen LogP contribution in [0.4, 0.5) is 0 Å². The van der Waals surface area contributed by atoms with Gasteiger partial charge < -0.3 is 4.57 Å². The first-order valence-electron chi connectivity index (χ1n) is 8.19. The molecule has 0 aliphatic rings. The fourth-order valence-electron chi connectivity index (χ4n) is 3.02. The van der Waals surface area contributed by atoms with Crippen LogP contribution in [0.5, 0.6) is 0 Å². The molecule has 1 aromatic heterocycles. The van der Waals surface area contributed by atoms with E-state index < -0.39 is 0 Å². The molecule has 0 atom stereocenters. The molecule has 2 heteroatoms. The van der Waals surface area contributed by atoms with Crippen molar-refractivity contribution in [1.29, 1.82) is 5.26 Å². The van der Waals surface area contributed by atoms with E-state index in [1.54, 1.807) is 0 Å². The first kappa shape index (κ1) is 15.0. The van der Waals surface area contributed by atoms with Crippen LogP contribution in [-0.4, -0.2) is 4.57 Å². The Morgan fingerprint density at radius 1 is 0.800 bits per heavy atom. The average molecular weight is 320 g/mol. The van der Waals surface area contributed by atoms with E-state index in [-0.39, 0.29) is 0 Å². The lowest BCUT2D eigenvalue weighted by molar-refractivity contribution is 1.07. The Hall–Kier alpha value is -3.57. The van der Waals surface area contributed by atoms with Crippen LogP contribution in [-0.2, 0) is 0 Å². The highest BCUT2D eigenvalue weighted by molar-refractivity contribution is 5.89. The van der Waals surface area contributed by atoms with Gasteiger partial charge in [-0.15, -0.1) is 0 Å². The molecule has 1 heterocycles. The first-order chi connectivity index (χ1) is 12.3. The Morgan fingerprint density at radius 2 is 1.56 bits per heavy atom. The highest BCUT2D eigenvalue weighted by atomic mass is 15.0. The minimum absolute atomic E-state index is 0.654.